The fourth-order valence-corrected chi connectivity index (χ4v) is 3.24. The number of urea groups is 1. The van der Waals surface area contributed by atoms with E-state index in [9.17, 15) is 24.5 Å². The molecule has 0 spiro atoms. The number of aryl methyl sites for hydroxylation is 2. The summed E-state index contributed by atoms with van der Waals surface area (Å²) in [5, 5.41) is 16.1. The van der Waals surface area contributed by atoms with E-state index in [1.54, 1.807) is 6.07 Å². The number of imide groups is 1. The van der Waals surface area contributed by atoms with Crippen LogP contribution in [0.15, 0.2) is 42.5 Å². The van der Waals surface area contributed by atoms with Gasteiger partial charge in [0.1, 0.15) is 12.1 Å². The molecule has 1 aliphatic heterocycles. The minimum atomic E-state index is -1.41. The van der Waals surface area contributed by atoms with Crippen LogP contribution in [0.4, 0.5) is 16.2 Å². The maximum absolute atomic E-state index is 12.9. The number of nitrogens with one attached hydrogen (secondary N) is 2. The molecule has 0 radical (unpaired) electrons. The first-order chi connectivity index (χ1) is 13.6. The lowest BCUT2D eigenvalue weighted by Crippen LogP contribution is -2.42. The van der Waals surface area contributed by atoms with Gasteiger partial charge in [-0.1, -0.05) is 17.7 Å². The van der Waals surface area contributed by atoms with Gasteiger partial charge in [-0.2, -0.15) is 0 Å². The maximum atomic E-state index is 12.9. The van der Waals surface area contributed by atoms with Crippen molar-refractivity contribution in [1.82, 2.24) is 10.2 Å². The topological polar surface area (TPSA) is 122 Å². The molecular weight excluding hydrogens is 376 g/mol. The minimum absolute atomic E-state index is 0.126. The summed E-state index contributed by atoms with van der Waals surface area (Å²) in [5.41, 5.74) is 1.37. The van der Waals surface area contributed by atoms with Gasteiger partial charge in [-0.05, 0) is 50.1 Å². The zero-order valence-corrected chi connectivity index (χ0v) is 16.2. The van der Waals surface area contributed by atoms with Crippen LogP contribution in [0.1, 0.15) is 23.6 Å². The van der Waals surface area contributed by atoms with E-state index in [2.05, 4.69) is 10.6 Å². The number of anilines is 1. The van der Waals surface area contributed by atoms with Crippen LogP contribution in [-0.2, 0) is 15.1 Å². The predicted molar refractivity (Wildman–Crippen MR) is 105 cm³/mol. The molecule has 29 heavy (non-hydrogen) atoms. The first-order valence-corrected chi connectivity index (χ1v) is 8.88. The first kappa shape index (κ1) is 20.0. The highest BCUT2D eigenvalue weighted by Gasteiger charge is 2.49. The van der Waals surface area contributed by atoms with Gasteiger partial charge in [0.05, 0.1) is 4.92 Å². The monoisotopic (exact) mass is 396 g/mol. The van der Waals surface area contributed by atoms with Gasteiger partial charge in [-0.3, -0.25) is 24.6 Å². The Bertz CT molecular complexity index is 1020. The average Bonchev–Trinajstić information content (AvgIpc) is 2.88. The normalized spacial score (nSPS) is 18.5. The van der Waals surface area contributed by atoms with E-state index in [1.165, 1.54) is 31.2 Å². The first-order valence-electron chi connectivity index (χ1n) is 8.88. The van der Waals surface area contributed by atoms with Gasteiger partial charge < -0.3 is 10.6 Å². The molecule has 0 aromatic heterocycles. The third-order valence-corrected chi connectivity index (χ3v) is 4.89. The number of hydrogen-bond donors (Lipinski definition) is 2. The highest BCUT2D eigenvalue weighted by Crippen LogP contribution is 2.30. The number of nitro benzene ring substituents is 1. The number of non-ortho nitro benzene ring substituents is 1. The molecule has 0 bridgehead atoms. The van der Waals surface area contributed by atoms with E-state index in [0.29, 0.717) is 11.3 Å². The molecule has 9 nitrogen and oxygen atoms in total. The van der Waals surface area contributed by atoms with E-state index < -0.39 is 34.9 Å². The van der Waals surface area contributed by atoms with Gasteiger partial charge in [0.2, 0.25) is 5.91 Å². The summed E-state index contributed by atoms with van der Waals surface area (Å²) in [6.45, 7) is 4.84. The summed E-state index contributed by atoms with van der Waals surface area (Å²) in [6.07, 6.45) is 0. The van der Waals surface area contributed by atoms with Crippen molar-refractivity contribution in [3.63, 3.8) is 0 Å². The maximum Gasteiger partial charge on any atom is 0.325 e. The number of hydrogen-bond acceptors (Lipinski definition) is 5. The second-order valence-corrected chi connectivity index (χ2v) is 7.12. The zero-order valence-electron chi connectivity index (χ0n) is 16.2. The van der Waals surface area contributed by atoms with E-state index >= 15 is 0 Å². The van der Waals surface area contributed by atoms with Crippen molar-refractivity contribution < 1.29 is 19.3 Å². The number of nitrogens with zero attached hydrogens (tertiary/aromatic N) is 2. The van der Waals surface area contributed by atoms with Crippen molar-refractivity contribution in [3.05, 3.63) is 69.3 Å². The number of carbonyl (C=O) groups excluding carboxylic acids is 3. The molecule has 2 aromatic rings. The Hall–Kier alpha value is -3.75. The quantitative estimate of drug-likeness (QED) is 0.457. The number of amides is 4. The number of nitro groups is 1. The van der Waals surface area contributed by atoms with Crippen LogP contribution in [0.5, 0.6) is 0 Å². The van der Waals surface area contributed by atoms with Gasteiger partial charge in [-0.25, -0.2) is 4.79 Å². The van der Waals surface area contributed by atoms with Crippen LogP contribution in [0.3, 0.4) is 0 Å². The number of rotatable bonds is 5. The van der Waals surface area contributed by atoms with E-state index in [1.807, 2.05) is 26.0 Å². The standard InChI is InChI=1S/C20H20N4O5/c1-12-4-9-16(13(2)10-12)21-17(25)11-23-18(26)20(3,22-19(23)27)14-5-7-15(8-6-14)24(28)29/h4-10H,11H2,1-3H3,(H,21,25)(H,22,27)/t20-/m1/s1. The molecule has 1 atom stereocenters. The molecule has 9 heteroatoms. The molecule has 2 N–H and O–H groups in total. The molecule has 1 saturated heterocycles. The second-order valence-electron chi connectivity index (χ2n) is 7.12. The van der Waals surface area contributed by atoms with E-state index in [-0.39, 0.29) is 5.69 Å². The SMILES string of the molecule is Cc1ccc(NC(=O)CN2C(=O)N[C@](C)(c3ccc([N+](=O)[O-])cc3)C2=O)c(C)c1. The van der Waals surface area contributed by atoms with Crippen LogP contribution < -0.4 is 10.6 Å². The van der Waals surface area contributed by atoms with Crippen molar-refractivity contribution in [1.29, 1.82) is 0 Å². The molecule has 4 amide bonds. The van der Waals surface area contributed by atoms with Crippen LogP contribution in [0.25, 0.3) is 0 Å². The van der Waals surface area contributed by atoms with Gasteiger partial charge in [-0.15, -0.1) is 0 Å². The Balaban J connectivity index is 1.75. The second kappa shape index (κ2) is 7.34. The summed E-state index contributed by atoms with van der Waals surface area (Å²) in [7, 11) is 0. The Morgan fingerprint density at radius 2 is 1.83 bits per heavy atom. The van der Waals surface area contributed by atoms with E-state index in [0.717, 1.165) is 16.0 Å². The molecule has 1 heterocycles. The molecule has 1 aliphatic rings. The summed E-state index contributed by atoms with van der Waals surface area (Å²) < 4.78 is 0. The summed E-state index contributed by atoms with van der Waals surface area (Å²) in [6, 6.07) is 10.2. The third kappa shape index (κ3) is 3.79. The van der Waals surface area contributed by atoms with Gasteiger partial charge in [0, 0.05) is 17.8 Å². The predicted octanol–water partition coefficient (Wildman–Crippen LogP) is 2.62. The van der Waals surface area contributed by atoms with Crippen LogP contribution in [0, 0.1) is 24.0 Å². The lowest BCUT2D eigenvalue weighted by atomic mass is 9.92. The molecular formula is C20H20N4O5. The fourth-order valence-electron chi connectivity index (χ4n) is 3.24. The third-order valence-electron chi connectivity index (χ3n) is 4.89. The summed E-state index contributed by atoms with van der Waals surface area (Å²) >= 11 is 0. The highest BCUT2D eigenvalue weighted by molar-refractivity contribution is 6.10. The average molecular weight is 396 g/mol. The Kier molecular flexibility index (Phi) is 5.06. The largest absolute Gasteiger partial charge is 0.325 e. The summed E-state index contributed by atoms with van der Waals surface area (Å²) in [5.74, 6) is -1.11. The Morgan fingerprint density at radius 3 is 2.41 bits per heavy atom. The molecule has 2 aromatic carbocycles. The van der Waals surface area contributed by atoms with Crippen LogP contribution in [-0.4, -0.2) is 34.2 Å². The number of benzene rings is 2. The lowest BCUT2D eigenvalue weighted by molar-refractivity contribution is -0.384. The smallest absolute Gasteiger partial charge is 0.324 e. The van der Waals surface area contributed by atoms with E-state index in [4.69, 9.17) is 0 Å². The van der Waals surface area contributed by atoms with Gasteiger partial charge in [0.25, 0.3) is 11.6 Å². The highest BCUT2D eigenvalue weighted by atomic mass is 16.6. The molecule has 0 unspecified atom stereocenters. The zero-order chi connectivity index (χ0) is 21.3. The molecule has 3 rings (SSSR count). The minimum Gasteiger partial charge on any atom is -0.324 e. The summed E-state index contributed by atoms with van der Waals surface area (Å²) in [4.78, 5) is 48.7. The molecule has 0 saturated carbocycles. The van der Waals surface area contributed by atoms with Gasteiger partial charge in [0.15, 0.2) is 0 Å². The van der Waals surface area contributed by atoms with Gasteiger partial charge >= 0.3 is 6.03 Å². The molecule has 150 valence electrons. The van der Waals surface area contributed by atoms with Crippen LogP contribution in [0.2, 0.25) is 0 Å². The van der Waals surface area contributed by atoms with Crippen molar-refractivity contribution >= 4 is 29.2 Å². The van der Waals surface area contributed by atoms with Crippen molar-refractivity contribution in [2.45, 2.75) is 26.3 Å². The lowest BCUT2D eigenvalue weighted by Gasteiger charge is -2.22. The Morgan fingerprint density at radius 1 is 1.17 bits per heavy atom. The van der Waals surface area contributed by atoms with Crippen molar-refractivity contribution in [3.8, 4) is 0 Å². The Labute approximate surface area is 166 Å². The van der Waals surface area contributed by atoms with Crippen molar-refractivity contribution in [2.75, 3.05) is 11.9 Å². The molecule has 0 aliphatic carbocycles. The number of carbonyl (C=O) groups is 3. The fraction of sp³-hybridized carbons (Fsp3) is 0.250. The van der Waals surface area contributed by atoms with Crippen molar-refractivity contribution in [2.24, 2.45) is 0 Å². The van der Waals surface area contributed by atoms with Crippen LogP contribution >= 0.6 is 0 Å². The molecule has 1 fully saturated rings.